The number of imidazole rings is 1. The van der Waals surface area contributed by atoms with Gasteiger partial charge in [0.15, 0.2) is 17.3 Å². The van der Waals surface area contributed by atoms with E-state index in [-0.39, 0.29) is 5.78 Å². The minimum absolute atomic E-state index is 0.0276. The molecule has 0 amide bonds. The van der Waals surface area contributed by atoms with E-state index in [1.807, 2.05) is 12.5 Å². The molecule has 0 radical (unpaired) electrons. The number of nitrogens with zero attached hydrogens (tertiary/aromatic N) is 2. The number of methoxy groups -OCH3 is 2. The van der Waals surface area contributed by atoms with Gasteiger partial charge in [-0.25, -0.2) is 4.98 Å². The molecule has 122 valence electrons. The Morgan fingerprint density at radius 3 is 2.70 bits per heavy atom. The van der Waals surface area contributed by atoms with Gasteiger partial charge >= 0.3 is 0 Å². The molecule has 2 aromatic rings. The predicted molar refractivity (Wildman–Crippen MR) is 87.1 cm³/mol. The molecule has 1 aromatic heterocycles. The first-order valence-electron chi connectivity index (χ1n) is 7.95. The van der Waals surface area contributed by atoms with Crippen molar-refractivity contribution in [2.45, 2.75) is 32.2 Å². The number of carbonyl (C=O) groups is 1. The summed E-state index contributed by atoms with van der Waals surface area (Å²) in [6.45, 7) is 1.01. The summed E-state index contributed by atoms with van der Waals surface area (Å²) in [5.41, 5.74) is 1.42. The minimum Gasteiger partial charge on any atom is -0.493 e. The molecule has 1 saturated carbocycles. The molecule has 1 fully saturated rings. The third-order valence-corrected chi connectivity index (χ3v) is 4.43. The zero-order chi connectivity index (χ0) is 16.2. The average Bonchev–Trinajstić information content (AvgIpc) is 2.97. The third-order valence-electron chi connectivity index (χ3n) is 4.43. The van der Waals surface area contributed by atoms with Crippen molar-refractivity contribution in [1.29, 1.82) is 0 Å². The van der Waals surface area contributed by atoms with Crippen molar-refractivity contribution in [2.75, 3.05) is 14.2 Å². The van der Waals surface area contributed by atoms with E-state index in [9.17, 15) is 4.79 Å². The molecule has 5 nitrogen and oxygen atoms in total. The van der Waals surface area contributed by atoms with Crippen LogP contribution in [0.2, 0.25) is 0 Å². The summed E-state index contributed by atoms with van der Waals surface area (Å²) in [5.74, 6) is 1.99. The van der Waals surface area contributed by atoms with Gasteiger partial charge in [-0.3, -0.25) is 4.79 Å². The second kappa shape index (κ2) is 6.86. The van der Waals surface area contributed by atoms with Crippen molar-refractivity contribution in [3.63, 3.8) is 0 Å². The number of hydrogen-bond acceptors (Lipinski definition) is 4. The first kappa shape index (κ1) is 15.6. The van der Waals surface area contributed by atoms with Gasteiger partial charge in [0.2, 0.25) is 0 Å². The molecular formula is C18H22N2O3. The van der Waals surface area contributed by atoms with Gasteiger partial charge in [-0.1, -0.05) is 6.42 Å². The minimum atomic E-state index is 0.0276. The van der Waals surface area contributed by atoms with Crippen molar-refractivity contribution in [3.8, 4) is 11.5 Å². The molecule has 1 heterocycles. The molecule has 0 saturated heterocycles. The van der Waals surface area contributed by atoms with Crippen LogP contribution in [0.4, 0.5) is 0 Å². The first-order chi connectivity index (χ1) is 11.2. The molecule has 1 aliphatic rings. The smallest absolute Gasteiger partial charge is 0.169 e. The van der Waals surface area contributed by atoms with Crippen LogP contribution in [0.5, 0.6) is 11.5 Å². The van der Waals surface area contributed by atoms with Crippen molar-refractivity contribution in [1.82, 2.24) is 9.55 Å². The van der Waals surface area contributed by atoms with Crippen LogP contribution in [-0.2, 0) is 13.0 Å². The number of aromatic nitrogens is 2. The maximum Gasteiger partial charge on any atom is 0.169 e. The molecule has 0 unspecified atom stereocenters. The van der Waals surface area contributed by atoms with E-state index in [1.54, 1.807) is 32.4 Å². The average molecular weight is 314 g/mol. The summed E-state index contributed by atoms with van der Waals surface area (Å²) in [6, 6.07) is 5.23. The predicted octanol–water partition coefficient (Wildman–Crippen LogP) is 3.13. The number of rotatable bonds is 7. The van der Waals surface area contributed by atoms with E-state index in [0.29, 0.717) is 23.5 Å². The SMILES string of the molecule is COc1ccc(C(=O)Cc2cn(CC3CCC3)cn2)cc1OC. The zero-order valence-electron chi connectivity index (χ0n) is 13.6. The number of hydrogen-bond donors (Lipinski definition) is 0. The van der Waals surface area contributed by atoms with Crippen LogP contribution in [0, 0.1) is 5.92 Å². The fourth-order valence-corrected chi connectivity index (χ4v) is 2.85. The van der Waals surface area contributed by atoms with E-state index in [0.717, 1.165) is 18.2 Å². The summed E-state index contributed by atoms with van der Waals surface area (Å²) in [4.78, 5) is 16.8. The molecule has 1 aromatic carbocycles. The lowest BCUT2D eigenvalue weighted by Gasteiger charge is -2.25. The Morgan fingerprint density at radius 1 is 1.26 bits per heavy atom. The summed E-state index contributed by atoms with van der Waals surface area (Å²) in [7, 11) is 3.14. The normalized spacial score (nSPS) is 14.3. The molecule has 0 spiro atoms. The highest BCUT2D eigenvalue weighted by Crippen LogP contribution is 2.29. The van der Waals surface area contributed by atoms with Gasteiger partial charge in [0, 0.05) is 18.3 Å². The van der Waals surface area contributed by atoms with Crippen molar-refractivity contribution < 1.29 is 14.3 Å². The summed E-state index contributed by atoms with van der Waals surface area (Å²) in [6.07, 6.45) is 8.06. The monoisotopic (exact) mass is 314 g/mol. The van der Waals surface area contributed by atoms with Gasteiger partial charge in [0.1, 0.15) is 0 Å². The summed E-state index contributed by atoms with van der Waals surface area (Å²) >= 11 is 0. The Bertz CT molecular complexity index is 689. The van der Waals surface area contributed by atoms with Gasteiger partial charge in [0.25, 0.3) is 0 Å². The van der Waals surface area contributed by atoms with Gasteiger partial charge < -0.3 is 14.0 Å². The highest BCUT2D eigenvalue weighted by Gasteiger charge is 2.18. The van der Waals surface area contributed by atoms with Gasteiger partial charge in [-0.05, 0) is 37.0 Å². The maximum atomic E-state index is 12.4. The lowest BCUT2D eigenvalue weighted by Crippen LogP contribution is -2.17. The Labute approximate surface area is 136 Å². The molecule has 0 atom stereocenters. The Hall–Kier alpha value is -2.30. The number of carbonyl (C=O) groups excluding carboxylic acids is 1. The van der Waals surface area contributed by atoms with Crippen LogP contribution in [0.25, 0.3) is 0 Å². The quantitative estimate of drug-likeness (QED) is 0.737. The van der Waals surface area contributed by atoms with Gasteiger partial charge in [0.05, 0.1) is 32.7 Å². The largest absolute Gasteiger partial charge is 0.493 e. The zero-order valence-corrected chi connectivity index (χ0v) is 13.6. The maximum absolute atomic E-state index is 12.4. The van der Waals surface area contributed by atoms with Gasteiger partial charge in [-0.2, -0.15) is 0 Å². The number of ether oxygens (including phenoxy) is 2. The summed E-state index contributed by atoms with van der Waals surface area (Å²) < 4.78 is 12.5. The molecule has 23 heavy (non-hydrogen) atoms. The molecular weight excluding hydrogens is 292 g/mol. The molecule has 3 rings (SSSR count). The van der Waals surface area contributed by atoms with Gasteiger partial charge in [-0.15, -0.1) is 0 Å². The van der Waals surface area contributed by atoms with Crippen molar-refractivity contribution >= 4 is 5.78 Å². The molecule has 0 N–H and O–H groups in total. The Kier molecular flexibility index (Phi) is 4.65. The van der Waals surface area contributed by atoms with E-state index in [4.69, 9.17) is 9.47 Å². The Balaban J connectivity index is 1.66. The van der Waals surface area contributed by atoms with Crippen molar-refractivity contribution in [2.24, 2.45) is 5.92 Å². The standard InChI is InChI=1S/C18H22N2O3/c1-22-17-7-6-14(8-18(17)23-2)16(21)9-15-11-20(12-19-15)10-13-4-3-5-13/h6-8,11-13H,3-5,9-10H2,1-2H3. The lowest BCUT2D eigenvalue weighted by molar-refractivity contribution is 0.0991. The van der Waals surface area contributed by atoms with E-state index in [1.165, 1.54) is 19.3 Å². The van der Waals surface area contributed by atoms with Crippen LogP contribution < -0.4 is 9.47 Å². The van der Waals surface area contributed by atoms with E-state index >= 15 is 0 Å². The van der Waals surface area contributed by atoms with Crippen LogP contribution >= 0.6 is 0 Å². The fourth-order valence-electron chi connectivity index (χ4n) is 2.85. The van der Waals surface area contributed by atoms with Crippen molar-refractivity contribution in [3.05, 3.63) is 42.0 Å². The van der Waals surface area contributed by atoms with Crippen LogP contribution in [0.1, 0.15) is 35.3 Å². The third kappa shape index (κ3) is 3.55. The number of Topliss-reactive ketones (excluding diaryl/α,β-unsaturated/α-hetero) is 1. The van der Waals surface area contributed by atoms with E-state index in [2.05, 4.69) is 9.55 Å². The first-order valence-corrected chi connectivity index (χ1v) is 7.95. The molecule has 5 heteroatoms. The second-order valence-corrected chi connectivity index (χ2v) is 6.03. The van der Waals surface area contributed by atoms with Crippen LogP contribution in [-0.4, -0.2) is 29.6 Å². The highest BCUT2D eigenvalue weighted by molar-refractivity contribution is 5.97. The number of benzene rings is 1. The molecule has 1 aliphatic carbocycles. The molecule has 0 aliphatic heterocycles. The number of ketones is 1. The molecule has 0 bridgehead atoms. The fraction of sp³-hybridized carbons (Fsp3) is 0.444. The van der Waals surface area contributed by atoms with Crippen LogP contribution in [0.15, 0.2) is 30.7 Å². The van der Waals surface area contributed by atoms with Crippen LogP contribution in [0.3, 0.4) is 0 Å². The Morgan fingerprint density at radius 2 is 2.04 bits per heavy atom. The highest BCUT2D eigenvalue weighted by atomic mass is 16.5. The van der Waals surface area contributed by atoms with E-state index < -0.39 is 0 Å². The lowest BCUT2D eigenvalue weighted by atomic mass is 9.85. The second-order valence-electron chi connectivity index (χ2n) is 6.03. The topological polar surface area (TPSA) is 53.4 Å². The summed E-state index contributed by atoms with van der Waals surface area (Å²) in [5, 5.41) is 0.